The third-order valence-corrected chi connectivity index (χ3v) is 5.24. The molecule has 0 radical (unpaired) electrons. The number of nitrogens with one attached hydrogen (secondary N) is 1. The highest BCUT2D eigenvalue weighted by atomic mass is 16.5. The maximum Gasteiger partial charge on any atom is 0.259 e. The topological polar surface area (TPSA) is 58.6 Å². The lowest BCUT2D eigenvalue weighted by Gasteiger charge is -2.25. The van der Waals surface area contributed by atoms with E-state index in [1.807, 2.05) is 73.7 Å². The van der Waals surface area contributed by atoms with Crippen molar-refractivity contribution < 1.29 is 14.3 Å². The zero-order valence-corrected chi connectivity index (χ0v) is 16.9. The number of hydrogen-bond donors (Lipinski definition) is 1. The van der Waals surface area contributed by atoms with Gasteiger partial charge in [-0.2, -0.15) is 0 Å². The van der Waals surface area contributed by atoms with Crippen LogP contribution in [-0.2, 0) is 17.8 Å². The minimum absolute atomic E-state index is 0.171. The van der Waals surface area contributed by atoms with Gasteiger partial charge in [0.1, 0.15) is 11.8 Å². The van der Waals surface area contributed by atoms with E-state index in [0.29, 0.717) is 25.1 Å². The van der Waals surface area contributed by atoms with Gasteiger partial charge in [-0.05, 0) is 36.8 Å². The summed E-state index contributed by atoms with van der Waals surface area (Å²) in [5, 5.41) is 3.00. The lowest BCUT2D eigenvalue weighted by atomic mass is 10.1. The van der Waals surface area contributed by atoms with Crippen molar-refractivity contribution in [3.05, 3.63) is 95.6 Å². The molecular formula is C25H24N2O3. The summed E-state index contributed by atoms with van der Waals surface area (Å²) in [6.45, 7) is 2.83. The van der Waals surface area contributed by atoms with Crippen molar-refractivity contribution in [3.8, 4) is 5.75 Å². The lowest BCUT2D eigenvalue weighted by molar-refractivity contribution is -0.122. The van der Waals surface area contributed by atoms with E-state index in [2.05, 4.69) is 5.32 Å². The molecule has 3 aromatic rings. The summed E-state index contributed by atoms with van der Waals surface area (Å²) < 4.78 is 5.65. The van der Waals surface area contributed by atoms with E-state index in [1.54, 1.807) is 17.0 Å². The number of amides is 2. The van der Waals surface area contributed by atoms with Gasteiger partial charge in [0.05, 0.1) is 6.61 Å². The molecule has 1 aliphatic heterocycles. The van der Waals surface area contributed by atoms with Crippen LogP contribution in [0.1, 0.15) is 28.4 Å². The Kier molecular flexibility index (Phi) is 5.80. The summed E-state index contributed by atoms with van der Waals surface area (Å²) in [6, 6.07) is 23.8. The highest BCUT2D eigenvalue weighted by Gasteiger charge is 2.38. The van der Waals surface area contributed by atoms with E-state index in [4.69, 9.17) is 4.74 Å². The van der Waals surface area contributed by atoms with Crippen molar-refractivity contribution in [2.45, 2.75) is 25.9 Å². The quantitative estimate of drug-likeness (QED) is 0.681. The second kappa shape index (κ2) is 8.82. The predicted octanol–water partition coefficient (Wildman–Crippen LogP) is 3.97. The van der Waals surface area contributed by atoms with Gasteiger partial charge in [-0.1, -0.05) is 54.6 Å². The second-order valence-electron chi connectivity index (χ2n) is 7.15. The maximum absolute atomic E-state index is 13.3. The number of carbonyl (C=O) groups is 2. The Labute approximate surface area is 176 Å². The molecule has 0 spiro atoms. The van der Waals surface area contributed by atoms with Crippen LogP contribution in [0.5, 0.6) is 5.75 Å². The number of anilines is 1. The molecule has 5 nitrogen and oxygen atoms in total. The van der Waals surface area contributed by atoms with Gasteiger partial charge >= 0.3 is 0 Å². The molecule has 4 rings (SSSR count). The number of hydrogen-bond acceptors (Lipinski definition) is 3. The summed E-state index contributed by atoms with van der Waals surface area (Å²) >= 11 is 0. The third-order valence-electron chi connectivity index (χ3n) is 5.24. The molecule has 0 aromatic heterocycles. The van der Waals surface area contributed by atoms with Crippen LogP contribution in [0, 0.1) is 0 Å². The number of fused-ring (bicyclic) bond motifs is 1. The molecule has 0 saturated heterocycles. The number of carbonyl (C=O) groups excluding carboxylic acids is 2. The molecule has 1 atom stereocenters. The molecule has 3 aromatic carbocycles. The zero-order chi connectivity index (χ0) is 20.9. The molecule has 1 heterocycles. The Morgan fingerprint density at radius 3 is 2.47 bits per heavy atom. The van der Waals surface area contributed by atoms with Gasteiger partial charge in [0, 0.05) is 29.8 Å². The van der Waals surface area contributed by atoms with Gasteiger partial charge in [0.2, 0.25) is 5.91 Å². The van der Waals surface area contributed by atoms with Crippen LogP contribution in [-0.4, -0.2) is 24.5 Å². The molecule has 30 heavy (non-hydrogen) atoms. The van der Waals surface area contributed by atoms with Crippen molar-refractivity contribution in [2.24, 2.45) is 0 Å². The van der Waals surface area contributed by atoms with Gasteiger partial charge in [0.15, 0.2) is 0 Å². The molecule has 0 bridgehead atoms. The first-order valence-corrected chi connectivity index (χ1v) is 10.1. The molecule has 5 heteroatoms. The summed E-state index contributed by atoms with van der Waals surface area (Å²) in [4.78, 5) is 28.0. The van der Waals surface area contributed by atoms with Crippen LogP contribution in [0.3, 0.4) is 0 Å². The summed E-state index contributed by atoms with van der Waals surface area (Å²) in [5.41, 5.74) is 3.26. The predicted molar refractivity (Wildman–Crippen MR) is 117 cm³/mol. The number of para-hydroxylation sites is 2. The van der Waals surface area contributed by atoms with Crippen molar-refractivity contribution in [2.75, 3.05) is 11.5 Å². The monoisotopic (exact) mass is 400 g/mol. The molecule has 0 aliphatic carbocycles. The van der Waals surface area contributed by atoms with Crippen molar-refractivity contribution in [3.63, 3.8) is 0 Å². The third kappa shape index (κ3) is 3.92. The summed E-state index contributed by atoms with van der Waals surface area (Å²) in [5.74, 6) is 0.407. The van der Waals surface area contributed by atoms with E-state index >= 15 is 0 Å². The van der Waals surface area contributed by atoms with Crippen LogP contribution < -0.4 is 15.0 Å². The fourth-order valence-electron chi connectivity index (χ4n) is 3.81. The summed E-state index contributed by atoms with van der Waals surface area (Å²) in [6.07, 6.45) is 0.494. The Bertz CT molecular complexity index is 1050. The zero-order valence-electron chi connectivity index (χ0n) is 16.9. The molecule has 1 N–H and O–H groups in total. The van der Waals surface area contributed by atoms with Crippen LogP contribution in [0.2, 0.25) is 0 Å². The Morgan fingerprint density at radius 2 is 1.67 bits per heavy atom. The average molecular weight is 400 g/mol. The van der Waals surface area contributed by atoms with Gasteiger partial charge in [0.25, 0.3) is 5.91 Å². The number of rotatable bonds is 6. The van der Waals surface area contributed by atoms with Crippen molar-refractivity contribution >= 4 is 17.5 Å². The Morgan fingerprint density at radius 1 is 0.967 bits per heavy atom. The first kappa shape index (κ1) is 19.7. The van der Waals surface area contributed by atoms with E-state index in [-0.39, 0.29) is 11.8 Å². The Hall–Kier alpha value is -3.60. The van der Waals surface area contributed by atoms with Crippen LogP contribution in [0.15, 0.2) is 78.9 Å². The van der Waals surface area contributed by atoms with E-state index in [9.17, 15) is 9.59 Å². The Balaban J connectivity index is 1.56. The molecule has 152 valence electrons. The minimum Gasteiger partial charge on any atom is -0.494 e. The second-order valence-corrected chi connectivity index (χ2v) is 7.15. The first-order valence-electron chi connectivity index (χ1n) is 10.1. The van der Waals surface area contributed by atoms with Gasteiger partial charge in [-0.15, -0.1) is 0 Å². The van der Waals surface area contributed by atoms with Crippen molar-refractivity contribution in [1.29, 1.82) is 0 Å². The smallest absolute Gasteiger partial charge is 0.259 e. The maximum atomic E-state index is 13.3. The van der Waals surface area contributed by atoms with Gasteiger partial charge in [-0.25, -0.2) is 0 Å². The van der Waals surface area contributed by atoms with Crippen LogP contribution >= 0.6 is 0 Å². The van der Waals surface area contributed by atoms with E-state index in [1.165, 1.54) is 0 Å². The molecule has 0 saturated carbocycles. The van der Waals surface area contributed by atoms with Gasteiger partial charge < -0.3 is 10.1 Å². The van der Waals surface area contributed by atoms with Gasteiger partial charge in [-0.3, -0.25) is 14.5 Å². The standard InChI is InChI=1S/C25H24N2O3/c1-2-30-23-15-9-7-13-20(23)17-26-24(28)22-16-19-12-6-8-14-21(19)27(22)25(29)18-10-4-3-5-11-18/h3-15,22H,2,16-17H2,1H3,(H,26,28)/t22-/m1/s1. The number of ether oxygens (including phenoxy) is 1. The molecule has 2 amide bonds. The number of nitrogens with zero attached hydrogens (tertiary/aromatic N) is 1. The normalized spacial score (nSPS) is 14.8. The average Bonchev–Trinajstić information content (AvgIpc) is 3.18. The SMILES string of the molecule is CCOc1ccccc1CNC(=O)[C@H]1Cc2ccccc2N1C(=O)c1ccccc1. The molecule has 0 fully saturated rings. The van der Waals surface area contributed by atoms with E-state index in [0.717, 1.165) is 22.6 Å². The molecule has 1 aliphatic rings. The molecule has 0 unspecified atom stereocenters. The van der Waals surface area contributed by atoms with Crippen molar-refractivity contribution in [1.82, 2.24) is 5.32 Å². The highest BCUT2D eigenvalue weighted by molar-refractivity contribution is 6.11. The molecular weight excluding hydrogens is 376 g/mol. The minimum atomic E-state index is -0.589. The largest absolute Gasteiger partial charge is 0.494 e. The fraction of sp³-hybridized carbons (Fsp3) is 0.200. The summed E-state index contributed by atoms with van der Waals surface area (Å²) in [7, 11) is 0. The lowest BCUT2D eigenvalue weighted by Crippen LogP contribution is -2.48. The van der Waals surface area contributed by atoms with Crippen LogP contribution in [0.25, 0.3) is 0 Å². The van der Waals surface area contributed by atoms with Crippen LogP contribution in [0.4, 0.5) is 5.69 Å². The number of benzene rings is 3. The fourth-order valence-corrected chi connectivity index (χ4v) is 3.81. The first-order chi connectivity index (χ1) is 14.7. The van der Waals surface area contributed by atoms with E-state index < -0.39 is 6.04 Å². The highest BCUT2D eigenvalue weighted by Crippen LogP contribution is 2.33.